The molecule has 0 fully saturated rings. The van der Waals surface area contributed by atoms with Crippen molar-refractivity contribution in [2.24, 2.45) is 0 Å². The molecule has 4 heteroatoms. The molecule has 2 heterocycles. The number of fused-ring (bicyclic) bond motifs is 10. The molecule has 0 amide bonds. The van der Waals surface area contributed by atoms with Crippen molar-refractivity contribution in [1.82, 2.24) is 0 Å². The van der Waals surface area contributed by atoms with Gasteiger partial charge in [-0.2, -0.15) is 0 Å². The molecule has 1 aliphatic rings. The van der Waals surface area contributed by atoms with Gasteiger partial charge in [-0.05, 0) is 171 Å². The lowest BCUT2D eigenvalue weighted by atomic mass is 9.66. The first kappa shape index (κ1) is 40.2. The van der Waals surface area contributed by atoms with Crippen molar-refractivity contribution in [2.75, 3.05) is 9.80 Å². The summed E-state index contributed by atoms with van der Waals surface area (Å²) in [4.78, 5) is 4.70. The second-order valence-electron chi connectivity index (χ2n) is 19.3. The van der Waals surface area contributed by atoms with E-state index in [-0.39, 0.29) is 5.41 Å². The van der Waals surface area contributed by atoms with Gasteiger partial charge in [0.25, 0.3) is 0 Å². The van der Waals surface area contributed by atoms with Gasteiger partial charge in [0.2, 0.25) is 0 Å². The number of rotatable bonds is 7. The smallest absolute Gasteiger partial charge is 0.135 e. The average molecular weight is 899 g/mol. The third-order valence-corrected chi connectivity index (χ3v) is 15.0. The highest BCUT2D eigenvalue weighted by Crippen LogP contribution is 2.53. The van der Waals surface area contributed by atoms with E-state index in [2.05, 4.69) is 231 Å². The van der Waals surface area contributed by atoms with Crippen LogP contribution in [0.4, 0.5) is 34.1 Å². The molecule has 0 saturated carbocycles. The van der Waals surface area contributed by atoms with Gasteiger partial charge in [0.05, 0.1) is 0 Å². The zero-order valence-electron chi connectivity index (χ0n) is 39.1. The molecule has 0 spiro atoms. The van der Waals surface area contributed by atoms with E-state index < -0.39 is 0 Å². The highest BCUT2D eigenvalue weighted by atomic mass is 16.3. The van der Waals surface area contributed by atoms with Crippen LogP contribution in [0, 0.1) is 6.92 Å². The maximum atomic E-state index is 6.26. The van der Waals surface area contributed by atoms with Gasteiger partial charge in [0.1, 0.15) is 22.3 Å². The number of nitrogens with zero attached hydrogens (tertiary/aromatic N) is 2. The van der Waals surface area contributed by atoms with Crippen LogP contribution in [0.25, 0.3) is 87.7 Å². The second-order valence-corrected chi connectivity index (χ2v) is 19.3. The van der Waals surface area contributed by atoms with Crippen LogP contribution in [0.3, 0.4) is 0 Å². The van der Waals surface area contributed by atoms with Gasteiger partial charge >= 0.3 is 0 Å². The number of benzene rings is 11. The molecular weight excluding hydrogens is 853 g/mol. The fraction of sp³-hybridized carbons (Fsp3) is 0.0606. The number of hydrogen-bond acceptors (Lipinski definition) is 4. The zero-order valence-corrected chi connectivity index (χ0v) is 39.1. The largest absolute Gasteiger partial charge is 0.456 e. The third kappa shape index (κ3) is 6.09. The maximum Gasteiger partial charge on any atom is 0.135 e. The van der Waals surface area contributed by atoms with E-state index in [1.807, 2.05) is 24.3 Å². The van der Waals surface area contributed by atoms with Crippen molar-refractivity contribution in [3.63, 3.8) is 0 Å². The lowest BCUT2D eigenvalue weighted by Gasteiger charge is -2.37. The highest BCUT2D eigenvalue weighted by molar-refractivity contribution is 6.19. The molecule has 0 atom stereocenters. The molecule has 4 nitrogen and oxygen atoms in total. The molecule has 0 saturated heterocycles. The zero-order chi connectivity index (χ0) is 46.7. The molecule has 0 bridgehead atoms. The van der Waals surface area contributed by atoms with Crippen LogP contribution in [-0.2, 0) is 5.41 Å². The van der Waals surface area contributed by atoms with Gasteiger partial charge < -0.3 is 18.6 Å². The molecule has 70 heavy (non-hydrogen) atoms. The molecule has 0 N–H and O–H groups in total. The summed E-state index contributed by atoms with van der Waals surface area (Å²) in [5, 5.41) is 9.60. The van der Waals surface area contributed by atoms with Crippen molar-refractivity contribution in [1.29, 1.82) is 0 Å². The summed E-state index contributed by atoms with van der Waals surface area (Å²) in [6.45, 7) is 7.12. The quantitative estimate of drug-likeness (QED) is 0.149. The Labute approximate surface area is 405 Å². The van der Waals surface area contributed by atoms with E-state index in [1.54, 1.807) is 0 Å². The van der Waals surface area contributed by atoms with E-state index in [9.17, 15) is 0 Å². The first-order valence-corrected chi connectivity index (χ1v) is 24.2. The minimum Gasteiger partial charge on any atom is -0.456 e. The molecule has 0 radical (unpaired) electrons. The van der Waals surface area contributed by atoms with Gasteiger partial charge in [-0.3, -0.25) is 0 Å². The number of hydrogen-bond donors (Lipinski definition) is 0. The maximum absolute atomic E-state index is 6.26. The van der Waals surface area contributed by atoms with Gasteiger partial charge in [0, 0.05) is 61.1 Å². The minimum atomic E-state index is -0.256. The molecule has 14 rings (SSSR count). The first-order valence-electron chi connectivity index (χ1n) is 24.2. The third-order valence-electron chi connectivity index (χ3n) is 15.0. The van der Waals surface area contributed by atoms with Crippen LogP contribution in [-0.4, -0.2) is 0 Å². The normalized spacial score (nSPS) is 12.9. The molecular formula is C66H46N2O2. The van der Waals surface area contributed by atoms with Crippen molar-refractivity contribution in [3.05, 3.63) is 241 Å². The van der Waals surface area contributed by atoms with E-state index in [0.29, 0.717) is 0 Å². The average Bonchev–Trinajstić information content (AvgIpc) is 3.97. The topological polar surface area (TPSA) is 32.8 Å². The highest BCUT2D eigenvalue weighted by Gasteiger charge is 2.35. The molecule has 332 valence electrons. The summed E-state index contributed by atoms with van der Waals surface area (Å²) < 4.78 is 12.5. The summed E-state index contributed by atoms with van der Waals surface area (Å²) in [5.41, 5.74) is 18.9. The number of aryl methyl sites for hydroxylation is 1. The standard InChI is InChI=1S/C66H46N2O2/c1-41-50-34-30-47(68(45-17-8-5-9-18-45)49-32-36-63-57(40-49)52-20-11-13-24-61(52)70-63)38-55(50)53-21-14-22-58-65(53)64(41)54-33-27-43(37-59(54)66(58,2)3)42-25-28-46(29-26-42)67(44-15-6-4-7-16-44)48-31-35-62-56(39-48)51-19-10-12-23-60(51)69-62/h4-40H,1-3H3. The Kier molecular flexibility index (Phi) is 8.81. The molecule has 1 aliphatic carbocycles. The fourth-order valence-electron chi connectivity index (χ4n) is 11.6. The van der Waals surface area contributed by atoms with Crippen LogP contribution < -0.4 is 9.80 Å². The Balaban J connectivity index is 0.867. The van der Waals surface area contributed by atoms with Crippen LogP contribution in [0.15, 0.2) is 233 Å². The number of para-hydroxylation sites is 4. The summed E-state index contributed by atoms with van der Waals surface area (Å²) in [5.74, 6) is 0. The summed E-state index contributed by atoms with van der Waals surface area (Å²) in [7, 11) is 0. The Morgan fingerprint density at radius 1 is 0.329 bits per heavy atom. The minimum absolute atomic E-state index is 0.256. The summed E-state index contributed by atoms with van der Waals surface area (Å²) in [6, 6.07) is 81.1. The number of furan rings is 2. The van der Waals surface area contributed by atoms with Gasteiger partial charge in [-0.15, -0.1) is 0 Å². The Morgan fingerprint density at radius 2 is 0.800 bits per heavy atom. The van der Waals surface area contributed by atoms with Gasteiger partial charge in [-0.1, -0.05) is 135 Å². The molecule has 2 aromatic heterocycles. The molecule has 11 aromatic carbocycles. The Bertz CT molecular complexity index is 4220. The van der Waals surface area contributed by atoms with E-state index in [0.717, 1.165) is 78.0 Å². The monoisotopic (exact) mass is 898 g/mol. The summed E-state index contributed by atoms with van der Waals surface area (Å²) >= 11 is 0. The van der Waals surface area contributed by atoms with Crippen molar-refractivity contribution >= 4 is 99.5 Å². The lowest BCUT2D eigenvalue weighted by Crippen LogP contribution is -2.24. The van der Waals surface area contributed by atoms with Crippen LogP contribution in [0.1, 0.15) is 30.5 Å². The summed E-state index contributed by atoms with van der Waals surface area (Å²) in [6.07, 6.45) is 0. The van der Waals surface area contributed by atoms with Crippen molar-refractivity contribution in [3.8, 4) is 22.3 Å². The SMILES string of the molecule is Cc1c2c3c(cccc3c3cc(N(c4ccccc4)c4ccc5oc6ccccc6c5c4)ccc13)C(C)(C)c1cc(-c3ccc(N(c4ccccc4)c4ccc5oc6ccccc6c5c4)cc3)ccc1-2. The lowest BCUT2D eigenvalue weighted by molar-refractivity contribution is 0.645. The first-order chi connectivity index (χ1) is 34.4. The predicted molar refractivity (Wildman–Crippen MR) is 293 cm³/mol. The van der Waals surface area contributed by atoms with E-state index >= 15 is 0 Å². The van der Waals surface area contributed by atoms with Gasteiger partial charge in [-0.25, -0.2) is 0 Å². The Hall–Kier alpha value is -8.86. The predicted octanol–water partition coefficient (Wildman–Crippen LogP) is 19.0. The molecule has 0 unspecified atom stereocenters. The fourth-order valence-corrected chi connectivity index (χ4v) is 11.6. The molecule has 0 aliphatic heterocycles. The van der Waals surface area contributed by atoms with Crippen LogP contribution in [0.5, 0.6) is 0 Å². The van der Waals surface area contributed by atoms with Crippen LogP contribution in [0.2, 0.25) is 0 Å². The van der Waals surface area contributed by atoms with Crippen LogP contribution >= 0.6 is 0 Å². The van der Waals surface area contributed by atoms with E-state index in [1.165, 1.54) is 60.5 Å². The number of anilines is 6. The van der Waals surface area contributed by atoms with Gasteiger partial charge in [0.15, 0.2) is 0 Å². The Morgan fingerprint density at radius 3 is 1.41 bits per heavy atom. The van der Waals surface area contributed by atoms with E-state index in [4.69, 9.17) is 8.83 Å². The van der Waals surface area contributed by atoms with Crippen molar-refractivity contribution < 1.29 is 8.83 Å². The second kappa shape index (κ2) is 15.3. The molecule has 13 aromatic rings. The van der Waals surface area contributed by atoms with Crippen molar-refractivity contribution in [2.45, 2.75) is 26.2 Å².